The summed E-state index contributed by atoms with van der Waals surface area (Å²) in [5.41, 5.74) is 11.1. The lowest BCUT2D eigenvalue weighted by molar-refractivity contribution is -0.139. The zero-order chi connectivity index (χ0) is 10.4. The maximum atomic E-state index is 11.0. The number of hydrogen-bond donors (Lipinski definition) is 2. The van der Waals surface area contributed by atoms with Crippen LogP contribution in [-0.4, -0.2) is 5.97 Å². The third-order valence-electron chi connectivity index (χ3n) is 1.51. The lowest BCUT2D eigenvalue weighted by Crippen LogP contribution is -2.12. The monoisotopic (exact) mass is 192 g/mol. The van der Waals surface area contributed by atoms with Crippen molar-refractivity contribution in [2.75, 3.05) is 0 Å². The van der Waals surface area contributed by atoms with E-state index in [0.717, 1.165) is 11.6 Å². The summed E-state index contributed by atoms with van der Waals surface area (Å²) in [5.74, 6) is -0.586. The highest BCUT2D eigenvalue weighted by Gasteiger charge is 1.98. The Morgan fingerprint density at radius 3 is 2.50 bits per heavy atom. The first-order valence-corrected chi connectivity index (χ1v) is 4.12. The lowest BCUT2D eigenvalue weighted by Gasteiger charge is -2.01. The van der Waals surface area contributed by atoms with Gasteiger partial charge >= 0.3 is 5.97 Å². The van der Waals surface area contributed by atoms with Gasteiger partial charge in [-0.2, -0.15) is 0 Å². The molecule has 0 fully saturated rings. The highest BCUT2D eigenvalue weighted by molar-refractivity contribution is 5.82. The first kappa shape index (κ1) is 10.1. The molecule has 0 saturated heterocycles. The van der Waals surface area contributed by atoms with Crippen molar-refractivity contribution in [3.8, 4) is 0 Å². The van der Waals surface area contributed by atoms with E-state index in [1.165, 1.54) is 0 Å². The van der Waals surface area contributed by atoms with Crippen molar-refractivity contribution in [1.29, 1.82) is 0 Å². The molecule has 0 aliphatic heterocycles. The van der Waals surface area contributed by atoms with Crippen LogP contribution in [-0.2, 0) is 16.1 Å². The van der Waals surface area contributed by atoms with Crippen LogP contribution >= 0.6 is 0 Å². The molecule has 0 aromatic heterocycles. The quantitative estimate of drug-likeness (QED) is 0.539. The van der Waals surface area contributed by atoms with Gasteiger partial charge < -0.3 is 16.2 Å². The second-order valence-corrected chi connectivity index (χ2v) is 2.74. The molecule has 1 aromatic rings. The van der Waals surface area contributed by atoms with E-state index in [-0.39, 0.29) is 12.4 Å². The van der Waals surface area contributed by atoms with Crippen molar-refractivity contribution in [3.63, 3.8) is 0 Å². The number of esters is 1. The zero-order valence-corrected chi connectivity index (χ0v) is 7.64. The summed E-state index contributed by atoms with van der Waals surface area (Å²) >= 11 is 0. The molecule has 1 aromatic carbocycles. The third-order valence-corrected chi connectivity index (χ3v) is 1.51. The predicted octanol–water partition coefficient (Wildman–Crippen LogP) is 0.489. The number of nitrogens with two attached hydrogens (primary N) is 2. The molecule has 74 valence electrons. The van der Waals surface area contributed by atoms with E-state index >= 15 is 0 Å². The second-order valence-electron chi connectivity index (χ2n) is 2.74. The van der Waals surface area contributed by atoms with Crippen LogP contribution in [0.1, 0.15) is 5.56 Å². The molecule has 0 heterocycles. The van der Waals surface area contributed by atoms with E-state index < -0.39 is 5.97 Å². The molecule has 4 nitrogen and oxygen atoms in total. The van der Waals surface area contributed by atoms with Crippen LogP contribution in [0.15, 0.2) is 42.2 Å². The van der Waals surface area contributed by atoms with Crippen LogP contribution in [0.4, 0.5) is 0 Å². The summed E-state index contributed by atoms with van der Waals surface area (Å²) in [7, 11) is 0. The van der Waals surface area contributed by atoms with Crippen LogP contribution < -0.4 is 11.5 Å². The summed E-state index contributed by atoms with van der Waals surface area (Å²) in [4.78, 5) is 11.0. The summed E-state index contributed by atoms with van der Waals surface area (Å²) in [6.45, 7) is 0.226. The number of carbonyl (C=O) groups is 1. The van der Waals surface area contributed by atoms with Crippen molar-refractivity contribution >= 4 is 5.97 Å². The average Bonchev–Trinajstić information content (AvgIpc) is 2.15. The van der Waals surface area contributed by atoms with Gasteiger partial charge in [0, 0.05) is 0 Å². The SMILES string of the molecule is NC(N)=CC(=O)OCc1ccccc1. The Balaban J connectivity index is 2.42. The number of hydrogen-bond acceptors (Lipinski definition) is 4. The number of rotatable bonds is 3. The molecule has 0 saturated carbocycles. The summed E-state index contributed by atoms with van der Waals surface area (Å²) in [5, 5.41) is 0. The van der Waals surface area contributed by atoms with Gasteiger partial charge in [-0.05, 0) is 5.56 Å². The first-order valence-electron chi connectivity index (χ1n) is 4.12. The largest absolute Gasteiger partial charge is 0.458 e. The zero-order valence-electron chi connectivity index (χ0n) is 7.64. The van der Waals surface area contributed by atoms with Gasteiger partial charge in [0.2, 0.25) is 0 Å². The highest BCUT2D eigenvalue weighted by Crippen LogP contribution is 2.00. The molecule has 1 rings (SSSR count). The van der Waals surface area contributed by atoms with Gasteiger partial charge in [-0.1, -0.05) is 30.3 Å². The smallest absolute Gasteiger partial charge is 0.334 e. The molecule has 0 aliphatic rings. The van der Waals surface area contributed by atoms with E-state index in [4.69, 9.17) is 16.2 Å². The molecule has 0 radical (unpaired) electrons. The Morgan fingerprint density at radius 2 is 1.93 bits per heavy atom. The van der Waals surface area contributed by atoms with Gasteiger partial charge in [-0.3, -0.25) is 0 Å². The van der Waals surface area contributed by atoms with Crippen molar-refractivity contribution in [3.05, 3.63) is 47.8 Å². The number of carbonyl (C=O) groups excluding carboxylic acids is 1. The third kappa shape index (κ3) is 3.62. The number of ether oxygens (including phenoxy) is 1. The minimum absolute atomic E-state index is 0.0527. The number of benzene rings is 1. The molecule has 4 N–H and O–H groups in total. The Labute approximate surface area is 82.2 Å². The molecule has 0 atom stereocenters. The Bertz CT molecular complexity index is 329. The van der Waals surface area contributed by atoms with Crippen molar-refractivity contribution in [2.24, 2.45) is 11.5 Å². The van der Waals surface area contributed by atoms with Crippen molar-refractivity contribution in [2.45, 2.75) is 6.61 Å². The molecule has 0 aliphatic carbocycles. The Kier molecular flexibility index (Phi) is 3.55. The highest BCUT2D eigenvalue weighted by atomic mass is 16.5. The summed E-state index contributed by atoms with van der Waals surface area (Å²) in [6, 6.07) is 9.36. The Hall–Kier alpha value is -1.97. The van der Waals surface area contributed by atoms with Crippen molar-refractivity contribution in [1.82, 2.24) is 0 Å². The van der Waals surface area contributed by atoms with Crippen LogP contribution in [0.5, 0.6) is 0 Å². The minimum atomic E-state index is -0.533. The maximum absolute atomic E-state index is 11.0. The standard InChI is InChI=1S/C10H12N2O2/c11-9(12)6-10(13)14-7-8-4-2-1-3-5-8/h1-6H,7,11-12H2. The lowest BCUT2D eigenvalue weighted by atomic mass is 10.2. The molecule has 14 heavy (non-hydrogen) atoms. The van der Waals surface area contributed by atoms with Crippen LogP contribution in [0.25, 0.3) is 0 Å². The predicted molar refractivity (Wildman–Crippen MR) is 52.7 cm³/mol. The van der Waals surface area contributed by atoms with E-state index in [9.17, 15) is 4.79 Å². The summed E-state index contributed by atoms with van der Waals surface area (Å²) < 4.78 is 4.86. The fraction of sp³-hybridized carbons (Fsp3) is 0.100. The molecular weight excluding hydrogens is 180 g/mol. The molecule has 0 unspecified atom stereocenters. The van der Waals surface area contributed by atoms with E-state index in [1.54, 1.807) is 0 Å². The normalized spacial score (nSPS) is 9.14. The molecule has 0 amide bonds. The van der Waals surface area contributed by atoms with Gasteiger partial charge in [-0.15, -0.1) is 0 Å². The minimum Gasteiger partial charge on any atom is -0.458 e. The topological polar surface area (TPSA) is 78.3 Å². The van der Waals surface area contributed by atoms with Gasteiger partial charge in [-0.25, -0.2) is 4.79 Å². The van der Waals surface area contributed by atoms with Gasteiger partial charge in [0.15, 0.2) is 0 Å². The van der Waals surface area contributed by atoms with E-state index in [2.05, 4.69) is 0 Å². The van der Waals surface area contributed by atoms with Gasteiger partial charge in [0.05, 0.1) is 6.08 Å². The van der Waals surface area contributed by atoms with Crippen LogP contribution in [0, 0.1) is 0 Å². The van der Waals surface area contributed by atoms with E-state index in [1.807, 2.05) is 30.3 Å². The Morgan fingerprint density at radius 1 is 1.29 bits per heavy atom. The first-order chi connectivity index (χ1) is 6.68. The van der Waals surface area contributed by atoms with Crippen LogP contribution in [0.3, 0.4) is 0 Å². The molecule has 4 heteroatoms. The molecule has 0 spiro atoms. The van der Waals surface area contributed by atoms with Gasteiger partial charge in [0.25, 0.3) is 0 Å². The fourth-order valence-electron chi connectivity index (χ4n) is 0.906. The fourth-order valence-corrected chi connectivity index (χ4v) is 0.906. The van der Waals surface area contributed by atoms with Gasteiger partial charge in [0.1, 0.15) is 12.4 Å². The van der Waals surface area contributed by atoms with E-state index in [0.29, 0.717) is 0 Å². The summed E-state index contributed by atoms with van der Waals surface area (Å²) in [6.07, 6.45) is 1.04. The molecular formula is C10H12N2O2. The molecule has 0 bridgehead atoms. The second kappa shape index (κ2) is 4.91. The maximum Gasteiger partial charge on any atom is 0.334 e. The average molecular weight is 192 g/mol. The van der Waals surface area contributed by atoms with Crippen molar-refractivity contribution < 1.29 is 9.53 Å². The van der Waals surface area contributed by atoms with Crippen LogP contribution in [0.2, 0.25) is 0 Å².